The molecule has 2 rings (SSSR count). The van der Waals surface area contributed by atoms with Gasteiger partial charge in [0.1, 0.15) is 11.6 Å². The van der Waals surface area contributed by atoms with Gasteiger partial charge in [-0.25, -0.2) is 9.78 Å². The number of likely N-dealkylation sites (N-methyl/N-ethyl adjacent to an activating group) is 1. The molecule has 1 unspecified atom stereocenters. The number of nitrogens with two attached hydrogens (primary N) is 1. The normalized spacial score (nSPS) is 13.9. The molecule has 0 saturated carbocycles. The Hall–Kier alpha value is -1.99. The van der Waals surface area contributed by atoms with E-state index in [4.69, 9.17) is 5.73 Å². The fourth-order valence-corrected chi connectivity index (χ4v) is 2.90. The summed E-state index contributed by atoms with van der Waals surface area (Å²) in [5.74, 6) is -0.379. The number of quaternary nitrogens is 1. The Morgan fingerprint density at radius 3 is 2.80 bits per heavy atom. The van der Waals surface area contributed by atoms with Gasteiger partial charge in [0.25, 0.3) is 5.91 Å². The van der Waals surface area contributed by atoms with Crippen LogP contribution in [-0.2, 0) is 11.3 Å². The SMILES string of the molecule is C[C@@H](C(=O)NC(N)=O)[NH+](C)Cc1nc2ccccc2s1. The molecule has 4 N–H and O–H groups in total. The highest BCUT2D eigenvalue weighted by Gasteiger charge is 2.23. The van der Waals surface area contributed by atoms with Crippen molar-refractivity contribution in [2.45, 2.75) is 19.5 Å². The number of aromatic nitrogens is 1. The Bertz CT molecular complexity index is 607. The van der Waals surface area contributed by atoms with Crippen molar-refractivity contribution < 1.29 is 14.5 Å². The topological polar surface area (TPSA) is 89.5 Å². The second kappa shape index (κ2) is 5.98. The van der Waals surface area contributed by atoms with E-state index in [9.17, 15) is 9.59 Å². The number of amides is 3. The van der Waals surface area contributed by atoms with Crippen LogP contribution in [0.3, 0.4) is 0 Å². The molecule has 0 spiro atoms. The van der Waals surface area contributed by atoms with Crippen molar-refractivity contribution in [2.24, 2.45) is 5.73 Å². The minimum absolute atomic E-state index is 0.379. The lowest BCUT2D eigenvalue weighted by Gasteiger charge is -2.19. The fraction of sp³-hybridized carbons (Fsp3) is 0.308. The highest BCUT2D eigenvalue weighted by molar-refractivity contribution is 7.18. The van der Waals surface area contributed by atoms with E-state index < -0.39 is 6.03 Å². The number of hydrogen-bond donors (Lipinski definition) is 3. The number of thiazole rings is 1. The second-order valence-electron chi connectivity index (χ2n) is 4.67. The van der Waals surface area contributed by atoms with Crippen molar-refractivity contribution in [3.05, 3.63) is 29.3 Å². The summed E-state index contributed by atoms with van der Waals surface area (Å²) in [6.45, 7) is 2.37. The summed E-state index contributed by atoms with van der Waals surface area (Å²) >= 11 is 1.61. The lowest BCUT2D eigenvalue weighted by atomic mass is 10.3. The Balaban J connectivity index is 2.05. The molecule has 0 aliphatic heterocycles. The van der Waals surface area contributed by atoms with Gasteiger partial charge in [-0.2, -0.15) is 0 Å². The van der Waals surface area contributed by atoms with Gasteiger partial charge < -0.3 is 10.6 Å². The number of imide groups is 1. The van der Waals surface area contributed by atoms with Gasteiger partial charge in [-0.3, -0.25) is 10.1 Å². The molecule has 1 aromatic carbocycles. The lowest BCUT2D eigenvalue weighted by Crippen LogP contribution is -3.12. The second-order valence-corrected chi connectivity index (χ2v) is 5.79. The zero-order valence-electron chi connectivity index (χ0n) is 11.3. The van der Waals surface area contributed by atoms with Crippen LogP contribution >= 0.6 is 11.3 Å². The van der Waals surface area contributed by atoms with E-state index in [-0.39, 0.29) is 11.9 Å². The Morgan fingerprint density at radius 1 is 1.45 bits per heavy atom. The van der Waals surface area contributed by atoms with Gasteiger partial charge in [0, 0.05) is 0 Å². The molecule has 7 heteroatoms. The first-order valence-electron chi connectivity index (χ1n) is 6.24. The number of rotatable bonds is 4. The maximum absolute atomic E-state index is 11.7. The number of nitrogens with zero attached hydrogens (tertiary/aromatic N) is 1. The van der Waals surface area contributed by atoms with Crippen molar-refractivity contribution in [1.29, 1.82) is 0 Å². The molecule has 2 aromatic rings. The molecular weight excluding hydrogens is 276 g/mol. The predicted molar refractivity (Wildman–Crippen MR) is 77.4 cm³/mol. The van der Waals surface area contributed by atoms with Gasteiger partial charge in [-0.1, -0.05) is 12.1 Å². The van der Waals surface area contributed by atoms with E-state index in [1.165, 1.54) is 0 Å². The molecule has 0 aliphatic rings. The molecule has 0 bridgehead atoms. The summed E-state index contributed by atoms with van der Waals surface area (Å²) in [5.41, 5.74) is 5.91. The molecule has 1 aromatic heterocycles. The summed E-state index contributed by atoms with van der Waals surface area (Å²) in [4.78, 5) is 27.9. The standard InChI is InChI=1S/C13H16N4O2S/c1-8(12(18)16-13(14)19)17(2)7-11-15-9-5-3-4-6-10(9)20-11/h3-6,8H,7H2,1-2H3,(H3,14,16,18,19)/p+1/t8-/m0/s1. The molecule has 0 radical (unpaired) electrons. The van der Waals surface area contributed by atoms with E-state index in [1.54, 1.807) is 18.3 Å². The number of urea groups is 1. The summed E-state index contributed by atoms with van der Waals surface area (Å²) < 4.78 is 1.13. The quantitative estimate of drug-likeness (QED) is 0.735. The Morgan fingerprint density at radius 2 is 2.15 bits per heavy atom. The monoisotopic (exact) mass is 293 g/mol. The molecule has 20 heavy (non-hydrogen) atoms. The molecule has 106 valence electrons. The fourth-order valence-electron chi connectivity index (χ4n) is 1.84. The van der Waals surface area contributed by atoms with E-state index in [2.05, 4.69) is 10.3 Å². The Kier molecular flexibility index (Phi) is 4.31. The van der Waals surface area contributed by atoms with E-state index in [0.717, 1.165) is 20.1 Å². The van der Waals surface area contributed by atoms with Crippen LogP contribution in [0.15, 0.2) is 24.3 Å². The van der Waals surface area contributed by atoms with E-state index >= 15 is 0 Å². The number of carbonyl (C=O) groups excluding carboxylic acids is 2. The molecule has 0 aliphatic carbocycles. The number of primary amides is 1. The van der Waals surface area contributed by atoms with Crippen molar-refractivity contribution in [3.8, 4) is 0 Å². The summed E-state index contributed by atoms with van der Waals surface area (Å²) in [7, 11) is 1.89. The van der Waals surface area contributed by atoms with Gasteiger partial charge in [-0.15, -0.1) is 11.3 Å². The van der Waals surface area contributed by atoms with Crippen molar-refractivity contribution in [1.82, 2.24) is 10.3 Å². The van der Waals surface area contributed by atoms with Gasteiger partial charge >= 0.3 is 6.03 Å². The minimum Gasteiger partial charge on any atom is -0.351 e. The number of hydrogen-bond acceptors (Lipinski definition) is 4. The number of carbonyl (C=O) groups is 2. The molecule has 6 nitrogen and oxygen atoms in total. The number of benzene rings is 1. The van der Waals surface area contributed by atoms with Crippen LogP contribution in [0.1, 0.15) is 11.9 Å². The van der Waals surface area contributed by atoms with Crippen molar-refractivity contribution in [3.63, 3.8) is 0 Å². The summed E-state index contributed by atoms with van der Waals surface area (Å²) in [5, 5.41) is 3.06. The summed E-state index contributed by atoms with van der Waals surface area (Å²) in [6, 6.07) is 6.71. The van der Waals surface area contributed by atoms with Crippen LogP contribution in [0.5, 0.6) is 0 Å². The molecule has 1 heterocycles. The third kappa shape index (κ3) is 3.31. The maximum atomic E-state index is 11.7. The average Bonchev–Trinajstić information content (AvgIpc) is 2.78. The molecular formula is C13H17N4O2S+. The number of fused-ring (bicyclic) bond motifs is 1. The first kappa shape index (κ1) is 14.4. The largest absolute Gasteiger partial charge is 0.351 e. The van der Waals surface area contributed by atoms with E-state index in [1.807, 2.05) is 31.3 Å². The number of nitrogens with one attached hydrogen (secondary N) is 2. The van der Waals surface area contributed by atoms with E-state index in [0.29, 0.717) is 6.54 Å². The first-order valence-corrected chi connectivity index (χ1v) is 7.06. The van der Waals surface area contributed by atoms with Crippen molar-refractivity contribution in [2.75, 3.05) is 7.05 Å². The predicted octanol–water partition coefficient (Wildman–Crippen LogP) is -0.106. The van der Waals surface area contributed by atoms with Gasteiger partial charge in [0.15, 0.2) is 6.04 Å². The Labute approximate surface area is 120 Å². The van der Waals surface area contributed by atoms with Crippen LogP contribution in [0.4, 0.5) is 4.79 Å². The van der Waals surface area contributed by atoms with Crippen molar-refractivity contribution >= 4 is 33.5 Å². The first-order chi connectivity index (χ1) is 9.47. The minimum atomic E-state index is -0.824. The van der Waals surface area contributed by atoms with Crippen LogP contribution in [0.2, 0.25) is 0 Å². The molecule has 2 atom stereocenters. The van der Waals surface area contributed by atoms with Crippen LogP contribution in [-0.4, -0.2) is 30.0 Å². The molecule has 3 amide bonds. The lowest BCUT2D eigenvalue weighted by molar-refractivity contribution is -0.908. The zero-order valence-corrected chi connectivity index (χ0v) is 12.2. The van der Waals surface area contributed by atoms with Gasteiger partial charge in [-0.05, 0) is 19.1 Å². The van der Waals surface area contributed by atoms with Crippen LogP contribution in [0.25, 0.3) is 10.2 Å². The summed E-state index contributed by atoms with van der Waals surface area (Å²) in [6.07, 6.45) is 0. The smallest absolute Gasteiger partial charge is 0.319 e. The molecule has 0 saturated heterocycles. The van der Waals surface area contributed by atoms with Gasteiger partial charge in [0.05, 0.1) is 17.3 Å². The maximum Gasteiger partial charge on any atom is 0.319 e. The average molecular weight is 293 g/mol. The van der Waals surface area contributed by atoms with Gasteiger partial charge in [0.2, 0.25) is 0 Å². The molecule has 0 fully saturated rings. The third-order valence-electron chi connectivity index (χ3n) is 3.15. The third-order valence-corrected chi connectivity index (χ3v) is 4.18. The van der Waals surface area contributed by atoms with Crippen LogP contribution < -0.4 is 16.0 Å². The highest BCUT2D eigenvalue weighted by atomic mass is 32.1. The number of para-hydroxylation sites is 1. The highest BCUT2D eigenvalue weighted by Crippen LogP contribution is 2.20. The zero-order chi connectivity index (χ0) is 14.7. The van der Waals surface area contributed by atoms with Crippen LogP contribution in [0, 0.1) is 0 Å².